The Morgan fingerprint density at radius 1 is 1.53 bits per heavy atom. The minimum atomic E-state index is 0.139. The van der Waals surface area contributed by atoms with Crippen molar-refractivity contribution in [1.82, 2.24) is 10.3 Å². The highest BCUT2D eigenvalue weighted by atomic mass is 79.9. The number of carbonyl (C=O) groups is 1. The normalized spacial score (nSPS) is 24.2. The fraction of sp³-hybridized carbons (Fsp3) is 0.571. The minimum Gasteiger partial charge on any atom is -0.317 e. The van der Waals surface area contributed by atoms with E-state index in [1.165, 1.54) is 0 Å². The number of aryl methyl sites for hydroxylation is 1. The van der Waals surface area contributed by atoms with E-state index in [0.29, 0.717) is 5.82 Å². The fourth-order valence-corrected chi connectivity index (χ4v) is 3.52. The van der Waals surface area contributed by atoms with Gasteiger partial charge in [-0.3, -0.25) is 4.79 Å². The van der Waals surface area contributed by atoms with Gasteiger partial charge >= 0.3 is 0 Å². The van der Waals surface area contributed by atoms with Crippen molar-refractivity contribution < 1.29 is 4.79 Å². The van der Waals surface area contributed by atoms with Gasteiger partial charge in [-0.25, -0.2) is 4.98 Å². The number of nitrogens with one attached hydrogen (secondary N) is 2. The molecule has 0 aromatic carbocycles. The van der Waals surface area contributed by atoms with E-state index >= 15 is 0 Å². The van der Waals surface area contributed by atoms with E-state index < -0.39 is 0 Å². The second-order valence-corrected chi connectivity index (χ2v) is 6.59. The maximum absolute atomic E-state index is 12.3. The summed E-state index contributed by atoms with van der Waals surface area (Å²) in [6, 6.07) is 1.97. The molecule has 2 aliphatic rings. The van der Waals surface area contributed by atoms with Crippen LogP contribution >= 0.6 is 15.9 Å². The van der Waals surface area contributed by atoms with Crippen LogP contribution in [0, 0.1) is 18.3 Å². The number of carbonyl (C=O) groups excluding carboxylic acids is 1. The molecule has 3 rings (SSSR count). The predicted molar refractivity (Wildman–Crippen MR) is 77.9 cm³/mol. The fourth-order valence-electron chi connectivity index (χ4n) is 3.07. The third-order valence-corrected chi connectivity index (χ3v) is 4.83. The molecule has 0 bridgehead atoms. The predicted octanol–water partition coefficient (Wildman–Crippen LogP) is 2.48. The second kappa shape index (κ2) is 4.87. The summed E-state index contributed by atoms with van der Waals surface area (Å²) in [5, 5.41) is 6.34. The summed E-state index contributed by atoms with van der Waals surface area (Å²) in [5.41, 5.74) is 1.27. The summed E-state index contributed by atoms with van der Waals surface area (Å²) in [6.45, 7) is 4.04. The van der Waals surface area contributed by atoms with Crippen LogP contribution in [0.5, 0.6) is 0 Å². The standard InChI is InChI=1S/C14H18BrN3O/c1-9-6-10(15)8-17-12(9)18-13(19)11-7-14(11)2-4-16-5-3-14/h6,8,11,16H,2-5,7H2,1H3,(H,17,18,19). The minimum absolute atomic E-state index is 0.139. The van der Waals surface area contributed by atoms with Gasteiger partial charge in [0.1, 0.15) is 5.82 Å². The van der Waals surface area contributed by atoms with Gasteiger partial charge in [0.2, 0.25) is 5.91 Å². The molecule has 1 aromatic rings. The number of halogens is 1. The van der Waals surface area contributed by atoms with E-state index in [0.717, 1.165) is 42.4 Å². The molecule has 102 valence electrons. The van der Waals surface area contributed by atoms with Crippen molar-refractivity contribution in [2.24, 2.45) is 11.3 Å². The van der Waals surface area contributed by atoms with E-state index in [9.17, 15) is 4.79 Å². The van der Waals surface area contributed by atoms with Crippen molar-refractivity contribution >= 4 is 27.7 Å². The van der Waals surface area contributed by atoms with Crippen LogP contribution in [-0.4, -0.2) is 24.0 Å². The molecular formula is C14H18BrN3O. The number of amides is 1. The summed E-state index contributed by atoms with van der Waals surface area (Å²) >= 11 is 3.38. The van der Waals surface area contributed by atoms with Gasteiger partial charge in [-0.05, 0) is 72.3 Å². The van der Waals surface area contributed by atoms with Crippen LogP contribution in [0.3, 0.4) is 0 Å². The van der Waals surface area contributed by atoms with Gasteiger partial charge in [0, 0.05) is 16.6 Å². The van der Waals surface area contributed by atoms with Crippen molar-refractivity contribution in [1.29, 1.82) is 0 Å². The average Bonchev–Trinajstić information content (AvgIpc) is 3.07. The Hall–Kier alpha value is -0.940. The lowest BCUT2D eigenvalue weighted by atomic mass is 9.92. The molecule has 19 heavy (non-hydrogen) atoms. The summed E-state index contributed by atoms with van der Waals surface area (Å²) < 4.78 is 0.934. The molecule has 2 heterocycles. The maximum atomic E-state index is 12.3. The molecule has 1 unspecified atom stereocenters. The molecule has 0 radical (unpaired) electrons. The molecule has 1 aliphatic heterocycles. The van der Waals surface area contributed by atoms with Crippen LogP contribution in [-0.2, 0) is 4.79 Å². The molecule has 5 heteroatoms. The highest BCUT2D eigenvalue weighted by Crippen LogP contribution is 2.58. The summed E-state index contributed by atoms with van der Waals surface area (Å²) in [6.07, 6.45) is 5.00. The first-order chi connectivity index (χ1) is 9.11. The summed E-state index contributed by atoms with van der Waals surface area (Å²) in [5.74, 6) is 1.00. The lowest BCUT2D eigenvalue weighted by Gasteiger charge is -2.23. The molecule has 2 fully saturated rings. The number of anilines is 1. The van der Waals surface area contributed by atoms with Crippen molar-refractivity contribution in [2.45, 2.75) is 26.2 Å². The number of pyridine rings is 1. The van der Waals surface area contributed by atoms with E-state index in [1.807, 2.05) is 13.0 Å². The molecule has 1 aromatic heterocycles. The Morgan fingerprint density at radius 2 is 2.26 bits per heavy atom. The molecule has 4 nitrogen and oxygen atoms in total. The Balaban J connectivity index is 1.66. The number of hydrogen-bond donors (Lipinski definition) is 2. The van der Waals surface area contributed by atoms with Crippen molar-refractivity contribution in [3.05, 3.63) is 22.3 Å². The van der Waals surface area contributed by atoms with Gasteiger partial charge in [-0.1, -0.05) is 0 Å². The van der Waals surface area contributed by atoms with Crippen molar-refractivity contribution in [3.8, 4) is 0 Å². The monoisotopic (exact) mass is 323 g/mol. The largest absolute Gasteiger partial charge is 0.317 e. The number of hydrogen-bond acceptors (Lipinski definition) is 3. The van der Waals surface area contributed by atoms with Crippen LogP contribution in [0.1, 0.15) is 24.8 Å². The van der Waals surface area contributed by atoms with Crippen molar-refractivity contribution in [2.75, 3.05) is 18.4 Å². The van der Waals surface area contributed by atoms with Gasteiger partial charge in [0.25, 0.3) is 0 Å². The molecule has 1 aliphatic carbocycles. The smallest absolute Gasteiger partial charge is 0.229 e. The Labute approximate surface area is 121 Å². The third kappa shape index (κ3) is 2.54. The number of aromatic nitrogens is 1. The highest BCUT2D eigenvalue weighted by Gasteiger charge is 2.57. The zero-order valence-electron chi connectivity index (χ0n) is 11.0. The highest BCUT2D eigenvalue weighted by molar-refractivity contribution is 9.10. The molecule has 1 spiro atoms. The van der Waals surface area contributed by atoms with Crippen LogP contribution < -0.4 is 10.6 Å². The molecule has 1 saturated carbocycles. The topological polar surface area (TPSA) is 54.0 Å². The third-order valence-electron chi connectivity index (χ3n) is 4.39. The van der Waals surface area contributed by atoms with Gasteiger partial charge in [-0.15, -0.1) is 0 Å². The first kappa shape index (κ1) is 13.1. The Kier molecular flexibility index (Phi) is 3.35. The van der Waals surface area contributed by atoms with Crippen LogP contribution in [0.15, 0.2) is 16.7 Å². The van der Waals surface area contributed by atoms with Crippen LogP contribution in [0.25, 0.3) is 0 Å². The Bertz CT molecular complexity index is 511. The number of rotatable bonds is 2. The molecular weight excluding hydrogens is 306 g/mol. The van der Waals surface area contributed by atoms with E-state index in [2.05, 4.69) is 31.5 Å². The average molecular weight is 324 g/mol. The SMILES string of the molecule is Cc1cc(Br)cnc1NC(=O)C1CC12CCNCC2. The van der Waals surface area contributed by atoms with Gasteiger partial charge in [0.05, 0.1) is 0 Å². The van der Waals surface area contributed by atoms with E-state index in [1.54, 1.807) is 6.20 Å². The summed E-state index contributed by atoms with van der Waals surface area (Å²) in [7, 11) is 0. The molecule has 1 amide bonds. The van der Waals surface area contributed by atoms with Gasteiger partial charge in [-0.2, -0.15) is 0 Å². The zero-order valence-corrected chi connectivity index (χ0v) is 12.6. The lowest BCUT2D eigenvalue weighted by Crippen LogP contribution is -2.31. The van der Waals surface area contributed by atoms with Crippen molar-refractivity contribution in [3.63, 3.8) is 0 Å². The second-order valence-electron chi connectivity index (χ2n) is 5.68. The molecule has 1 saturated heterocycles. The molecule has 2 N–H and O–H groups in total. The zero-order chi connectivity index (χ0) is 13.5. The first-order valence-corrected chi connectivity index (χ1v) is 7.54. The lowest BCUT2D eigenvalue weighted by molar-refractivity contribution is -0.118. The molecule has 1 atom stereocenters. The van der Waals surface area contributed by atoms with E-state index in [4.69, 9.17) is 0 Å². The van der Waals surface area contributed by atoms with Gasteiger partial charge < -0.3 is 10.6 Å². The summed E-state index contributed by atoms with van der Waals surface area (Å²) in [4.78, 5) is 16.6. The quantitative estimate of drug-likeness (QED) is 0.879. The number of piperidine rings is 1. The number of nitrogens with zero attached hydrogens (tertiary/aromatic N) is 1. The first-order valence-electron chi connectivity index (χ1n) is 6.74. The maximum Gasteiger partial charge on any atom is 0.229 e. The van der Waals surface area contributed by atoms with Crippen LogP contribution in [0.2, 0.25) is 0 Å². The Morgan fingerprint density at radius 3 is 2.95 bits per heavy atom. The van der Waals surface area contributed by atoms with E-state index in [-0.39, 0.29) is 17.2 Å². The van der Waals surface area contributed by atoms with Crippen LogP contribution in [0.4, 0.5) is 5.82 Å². The van der Waals surface area contributed by atoms with Gasteiger partial charge in [0.15, 0.2) is 0 Å².